The molecule has 0 aliphatic carbocycles. The number of imidazole rings is 1. The van der Waals surface area contributed by atoms with Crippen LogP contribution in [0.15, 0.2) is 41.1 Å². The third kappa shape index (κ3) is 2.66. The highest BCUT2D eigenvalue weighted by Gasteiger charge is 2.20. The van der Waals surface area contributed by atoms with Crippen molar-refractivity contribution in [3.63, 3.8) is 0 Å². The van der Waals surface area contributed by atoms with Crippen molar-refractivity contribution in [2.75, 3.05) is 18.6 Å². The van der Waals surface area contributed by atoms with E-state index < -0.39 is 0 Å². The number of benzene rings is 1. The first kappa shape index (κ1) is 15.2. The van der Waals surface area contributed by atoms with E-state index in [0.29, 0.717) is 0 Å². The van der Waals surface area contributed by atoms with E-state index in [9.17, 15) is 5.11 Å². The minimum absolute atomic E-state index is 0.0255. The summed E-state index contributed by atoms with van der Waals surface area (Å²) < 4.78 is 8.04. The van der Waals surface area contributed by atoms with Crippen LogP contribution in [-0.4, -0.2) is 33.3 Å². The average molecular weight is 316 g/mol. The first-order valence-corrected chi connectivity index (χ1v) is 8.76. The van der Waals surface area contributed by atoms with Gasteiger partial charge in [0, 0.05) is 23.3 Å². The van der Waals surface area contributed by atoms with Crippen molar-refractivity contribution in [2.24, 2.45) is 0 Å². The van der Waals surface area contributed by atoms with Crippen LogP contribution in [0, 0.1) is 6.92 Å². The predicted octanol–water partition coefficient (Wildman–Crippen LogP) is 3.89. The third-order valence-corrected chi connectivity index (χ3v) is 4.62. The Morgan fingerprint density at radius 3 is 2.91 bits per heavy atom. The minimum Gasteiger partial charge on any atom is -0.453 e. The Morgan fingerprint density at radius 2 is 2.18 bits per heavy atom. The average Bonchev–Trinajstić information content (AvgIpc) is 3.14. The molecule has 22 heavy (non-hydrogen) atoms. The van der Waals surface area contributed by atoms with Crippen molar-refractivity contribution >= 4 is 22.7 Å². The molecule has 0 aliphatic heterocycles. The second kappa shape index (κ2) is 6.58. The molecule has 0 spiro atoms. The number of hydrogen-bond donors (Lipinski definition) is 1. The summed E-state index contributed by atoms with van der Waals surface area (Å²) in [5.41, 5.74) is 1.96. The Morgan fingerprint density at radius 1 is 1.36 bits per heavy atom. The molecule has 3 rings (SSSR count). The minimum atomic E-state index is 0.0255. The fourth-order valence-corrected chi connectivity index (χ4v) is 3.25. The molecule has 4 nitrogen and oxygen atoms in total. The molecule has 0 fully saturated rings. The normalized spacial score (nSPS) is 12.9. The van der Waals surface area contributed by atoms with Crippen LogP contribution in [-0.2, 0) is 0 Å². The highest BCUT2D eigenvalue weighted by molar-refractivity contribution is 7.98. The van der Waals surface area contributed by atoms with E-state index in [1.54, 1.807) is 18.0 Å². The zero-order valence-electron chi connectivity index (χ0n) is 12.8. The van der Waals surface area contributed by atoms with Crippen LogP contribution in [0.4, 0.5) is 0 Å². The lowest BCUT2D eigenvalue weighted by atomic mass is 10.1. The molecule has 0 saturated carbocycles. The second-order valence-corrected chi connectivity index (χ2v) is 6.31. The van der Waals surface area contributed by atoms with Crippen LogP contribution < -0.4 is 0 Å². The predicted molar refractivity (Wildman–Crippen MR) is 91.3 cm³/mol. The molecule has 116 valence electrons. The van der Waals surface area contributed by atoms with Gasteiger partial charge in [-0.25, -0.2) is 4.98 Å². The maximum Gasteiger partial charge on any atom is 0.176 e. The number of furan rings is 1. The summed E-state index contributed by atoms with van der Waals surface area (Å²) in [7, 11) is 0. The van der Waals surface area contributed by atoms with Crippen molar-refractivity contribution in [1.82, 2.24) is 9.55 Å². The maximum atomic E-state index is 9.72. The SMILES string of the molecule is CSCCC(CO)n1ccnc1-c1oc2ccccc2c1C. The van der Waals surface area contributed by atoms with Gasteiger partial charge in [0.15, 0.2) is 11.6 Å². The Balaban J connectivity index is 2.04. The number of para-hydroxylation sites is 1. The molecule has 2 heterocycles. The van der Waals surface area contributed by atoms with Gasteiger partial charge in [-0.3, -0.25) is 0 Å². The van der Waals surface area contributed by atoms with E-state index in [2.05, 4.69) is 24.2 Å². The van der Waals surface area contributed by atoms with Gasteiger partial charge >= 0.3 is 0 Å². The van der Waals surface area contributed by atoms with Gasteiger partial charge in [-0.1, -0.05) is 18.2 Å². The summed E-state index contributed by atoms with van der Waals surface area (Å²) >= 11 is 1.78. The van der Waals surface area contributed by atoms with Crippen molar-refractivity contribution in [1.29, 1.82) is 0 Å². The van der Waals surface area contributed by atoms with E-state index in [-0.39, 0.29) is 12.6 Å². The lowest BCUT2D eigenvalue weighted by Crippen LogP contribution is -2.14. The first-order chi connectivity index (χ1) is 10.8. The molecule has 1 N–H and O–H groups in total. The van der Waals surface area contributed by atoms with Gasteiger partial charge in [-0.15, -0.1) is 0 Å². The van der Waals surface area contributed by atoms with Crippen molar-refractivity contribution in [2.45, 2.75) is 19.4 Å². The summed E-state index contributed by atoms with van der Waals surface area (Å²) in [4.78, 5) is 4.47. The molecule has 0 radical (unpaired) electrons. The molecule has 1 unspecified atom stereocenters. The van der Waals surface area contributed by atoms with Gasteiger partial charge in [-0.2, -0.15) is 11.8 Å². The van der Waals surface area contributed by atoms with E-state index in [1.165, 1.54) is 0 Å². The quantitative estimate of drug-likeness (QED) is 0.749. The van der Waals surface area contributed by atoms with E-state index in [1.807, 2.05) is 29.0 Å². The topological polar surface area (TPSA) is 51.2 Å². The number of aromatic nitrogens is 2. The number of nitrogens with zero attached hydrogens (tertiary/aromatic N) is 2. The van der Waals surface area contributed by atoms with Crippen LogP contribution in [0.5, 0.6) is 0 Å². The number of rotatable bonds is 6. The molecular weight excluding hydrogens is 296 g/mol. The number of aliphatic hydroxyl groups excluding tert-OH is 1. The second-order valence-electron chi connectivity index (χ2n) is 5.33. The molecule has 0 saturated heterocycles. The summed E-state index contributed by atoms with van der Waals surface area (Å²) in [5, 5.41) is 10.8. The summed E-state index contributed by atoms with van der Waals surface area (Å²) in [6.45, 7) is 2.15. The van der Waals surface area contributed by atoms with E-state index in [4.69, 9.17) is 4.42 Å². The molecule has 0 bridgehead atoms. The molecule has 1 atom stereocenters. The molecular formula is C17H20N2O2S. The van der Waals surface area contributed by atoms with Crippen LogP contribution in [0.3, 0.4) is 0 Å². The van der Waals surface area contributed by atoms with Crippen molar-refractivity contribution < 1.29 is 9.52 Å². The number of thioether (sulfide) groups is 1. The third-order valence-electron chi connectivity index (χ3n) is 3.97. The number of hydrogen-bond acceptors (Lipinski definition) is 4. The summed E-state index contributed by atoms with van der Waals surface area (Å²) in [6.07, 6.45) is 6.67. The Hall–Kier alpha value is -1.72. The Bertz CT molecular complexity index is 763. The van der Waals surface area contributed by atoms with Gasteiger partial charge < -0.3 is 14.1 Å². The van der Waals surface area contributed by atoms with Crippen LogP contribution >= 0.6 is 11.8 Å². The van der Waals surface area contributed by atoms with Gasteiger partial charge in [-0.05, 0) is 31.4 Å². The van der Waals surface area contributed by atoms with Gasteiger partial charge in [0.1, 0.15) is 5.58 Å². The zero-order valence-corrected chi connectivity index (χ0v) is 13.6. The lowest BCUT2D eigenvalue weighted by molar-refractivity contribution is 0.226. The molecule has 1 aromatic carbocycles. The van der Waals surface area contributed by atoms with Crippen LogP contribution in [0.2, 0.25) is 0 Å². The lowest BCUT2D eigenvalue weighted by Gasteiger charge is -2.17. The van der Waals surface area contributed by atoms with Gasteiger partial charge in [0.05, 0.1) is 12.6 Å². The number of aryl methyl sites for hydroxylation is 1. The van der Waals surface area contributed by atoms with E-state index >= 15 is 0 Å². The Kier molecular flexibility index (Phi) is 4.55. The smallest absolute Gasteiger partial charge is 0.176 e. The Labute approximate surface area is 134 Å². The monoisotopic (exact) mass is 316 g/mol. The molecule has 0 amide bonds. The molecule has 0 aliphatic rings. The maximum absolute atomic E-state index is 9.72. The zero-order chi connectivity index (χ0) is 15.5. The highest BCUT2D eigenvalue weighted by atomic mass is 32.2. The van der Waals surface area contributed by atoms with Crippen LogP contribution in [0.1, 0.15) is 18.0 Å². The largest absolute Gasteiger partial charge is 0.453 e. The number of aliphatic hydroxyl groups is 1. The van der Waals surface area contributed by atoms with Crippen molar-refractivity contribution in [3.05, 3.63) is 42.2 Å². The summed E-state index contributed by atoms with van der Waals surface area (Å²) in [6, 6.07) is 8.03. The van der Waals surface area contributed by atoms with Gasteiger partial charge in [0.2, 0.25) is 0 Å². The highest BCUT2D eigenvalue weighted by Crippen LogP contribution is 2.33. The molecule has 3 aromatic rings. The fourth-order valence-electron chi connectivity index (χ4n) is 2.74. The first-order valence-electron chi connectivity index (χ1n) is 7.37. The standard InChI is InChI=1S/C17H20N2O2S/c1-12-14-5-3-4-6-15(14)21-16(12)17-18-8-9-19(17)13(11-20)7-10-22-2/h3-6,8-9,13,20H,7,10-11H2,1-2H3. The van der Waals surface area contributed by atoms with Crippen molar-refractivity contribution in [3.8, 4) is 11.6 Å². The molecule has 2 aromatic heterocycles. The number of fused-ring (bicyclic) bond motifs is 1. The van der Waals surface area contributed by atoms with Crippen LogP contribution in [0.25, 0.3) is 22.6 Å². The fraction of sp³-hybridized carbons (Fsp3) is 0.353. The molecule has 5 heteroatoms. The summed E-state index contributed by atoms with van der Waals surface area (Å²) in [5.74, 6) is 2.57. The van der Waals surface area contributed by atoms with E-state index in [0.717, 1.165) is 40.3 Å². The van der Waals surface area contributed by atoms with Gasteiger partial charge in [0.25, 0.3) is 0 Å².